The van der Waals surface area contributed by atoms with Crippen molar-refractivity contribution in [3.63, 3.8) is 0 Å². The molecule has 0 unspecified atom stereocenters. The summed E-state index contributed by atoms with van der Waals surface area (Å²) in [5.41, 5.74) is 2.90. The normalized spacial score (nSPS) is 14.0. The molecule has 0 N–H and O–H groups in total. The topological polar surface area (TPSA) is 59.8 Å². The summed E-state index contributed by atoms with van der Waals surface area (Å²) in [4.78, 5) is 18.0. The van der Waals surface area contributed by atoms with Gasteiger partial charge in [0.2, 0.25) is 0 Å². The molecular formula is C29H30N4O3. The molecule has 4 aromatic rings. The van der Waals surface area contributed by atoms with Crippen LogP contribution < -0.4 is 9.47 Å². The quantitative estimate of drug-likeness (QED) is 0.373. The van der Waals surface area contributed by atoms with Crippen LogP contribution in [0.5, 0.6) is 11.5 Å². The van der Waals surface area contributed by atoms with E-state index in [4.69, 9.17) is 14.6 Å². The molecule has 0 radical (unpaired) electrons. The first kappa shape index (κ1) is 23.6. The monoisotopic (exact) mass is 482 g/mol. The predicted octanol–water partition coefficient (Wildman–Crippen LogP) is 4.38. The van der Waals surface area contributed by atoms with Crippen LogP contribution in [-0.4, -0.2) is 71.9 Å². The lowest BCUT2D eigenvalue weighted by Crippen LogP contribution is -2.49. The van der Waals surface area contributed by atoms with Gasteiger partial charge in [-0.25, -0.2) is 4.68 Å². The van der Waals surface area contributed by atoms with E-state index in [1.54, 1.807) is 11.8 Å². The van der Waals surface area contributed by atoms with Crippen molar-refractivity contribution in [1.82, 2.24) is 19.6 Å². The molecular weight excluding hydrogens is 452 g/mol. The van der Waals surface area contributed by atoms with E-state index in [0.29, 0.717) is 36.7 Å². The Kier molecular flexibility index (Phi) is 7.28. The van der Waals surface area contributed by atoms with Gasteiger partial charge in [0.05, 0.1) is 18.4 Å². The number of piperazine rings is 1. The third-order valence-electron chi connectivity index (χ3n) is 6.41. The fourth-order valence-corrected chi connectivity index (χ4v) is 4.44. The van der Waals surface area contributed by atoms with E-state index in [-0.39, 0.29) is 5.91 Å². The smallest absolute Gasteiger partial charge is 0.257 e. The zero-order valence-electron chi connectivity index (χ0n) is 20.4. The van der Waals surface area contributed by atoms with Gasteiger partial charge < -0.3 is 14.4 Å². The zero-order valence-corrected chi connectivity index (χ0v) is 20.4. The molecule has 0 saturated carbocycles. The SMILES string of the molecule is COc1ccccc1-c1nn(-c2ccccc2)cc1C(=O)N1CCN(CCOc2ccccc2)CC1. The molecule has 7 heteroatoms. The number of nitrogens with zero attached hydrogens (tertiary/aromatic N) is 4. The summed E-state index contributed by atoms with van der Waals surface area (Å²) in [6, 6.07) is 27.4. The van der Waals surface area contributed by atoms with Crippen LogP contribution in [0.4, 0.5) is 0 Å². The van der Waals surface area contributed by atoms with Gasteiger partial charge in [-0.2, -0.15) is 5.10 Å². The van der Waals surface area contributed by atoms with Crippen molar-refractivity contribution in [1.29, 1.82) is 0 Å². The number of carbonyl (C=O) groups is 1. The molecule has 1 fully saturated rings. The minimum Gasteiger partial charge on any atom is -0.496 e. The molecule has 0 atom stereocenters. The molecule has 1 aliphatic rings. The molecule has 0 spiro atoms. The molecule has 2 heterocycles. The highest BCUT2D eigenvalue weighted by Gasteiger charge is 2.27. The molecule has 1 aromatic heterocycles. The maximum absolute atomic E-state index is 13.7. The number of amides is 1. The highest BCUT2D eigenvalue weighted by atomic mass is 16.5. The predicted molar refractivity (Wildman–Crippen MR) is 140 cm³/mol. The standard InChI is InChI=1S/C29H30N4O3/c1-35-27-15-9-8-14-25(27)28-26(22-33(30-28)23-10-4-2-5-11-23)29(34)32-18-16-31(17-19-32)20-21-36-24-12-6-3-7-13-24/h2-15,22H,16-21H2,1H3. The number of methoxy groups -OCH3 is 1. The fraction of sp³-hybridized carbons (Fsp3) is 0.241. The van der Waals surface area contributed by atoms with Crippen LogP contribution in [0.2, 0.25) is 0 Å². The Bertz CT molecular complexity index is 1280. The number of hydrogen-bond donors (Lipinski definition) is 0. The molecule has 5 rings (SSSR count). The van der Waals surface area contributed by atoms with Crippen LogP contribution in [-0.2, 0) is 0 Å². The Labute approximate surface area is 211 Å². The molecule has 0 bridgehead atoms. The summed E-state index contributed by atoms with van der Waals surface area (Å²) in [5, 5.41) is 4.82. The van der Waals surface area contributed by atoms with Gasteiger partial charge in [0.15, 0.2) is 0 Å². The van der Waals surface area contributed by atoms with Gasteiger partial charge in [0, 0.05) is 44.5 Å². The Balaban J connectivity index is 1.31. The third kappa shape index (κ3) is 5.26. The zero-order chi connectivity index (χ0) is 24.7. The molecule has 1 aliphatic heterocycles. The Morgan fingerprint density at radius 2 is 1.53 bits per heavy atom. The second kappa shape index (κ2) is 11.1. The summed E-state index contributed by atoms with van der Waals surface area (Å²) >= 11 is 0. The minimum absolute atomic E-state index is 0.0155. The van der Waals surface area contributed by atoms with Gasteiger partial charge in [-0.3, -0.25) is 9.69 Å². The van der Waals surface area contributed by atoms with Crippen LogP contribution in [0.3, 0.4) is 0 Å². The van der Waals surface area contributed by atoms with Crippen molar-refractivity contribution in [3.8, 4) is 28.4 Å². The van der Waals surface area contributed by atoms with Crippen molar-refractivity contribution < 1.29 is 14.3 Å². The second-order valence-corrected chi connectivity index (χ2v) is 8.67. The summed E-state index contributed by atoms with van der Waals surface area (Å²) in [7, 11) is 1.63. The van der Waals surface area contributed by atoms with Gasteiger partial charge in [-0.15, -0.1) is 0 Å². The number of rotatable bonds is 8. The van der Waals surface area contributed by atoms with Gasteiger partial charge in [0.1, 0.15) is 23.8 Å². The van der Waals surface area contributed by atoms with Crippen molar-refractivity contribution in [3.05, 3.63) is 96.7 Å². The van der Waals surface area contributed by atoms with E-state index >= 15 is 0 Å². The average Bonchev–Trinajstić information content (AvgIpc) is 3.39. The van der Waals surface area contributed by atoms with Crippen LogP contribution in [0.1, 0.15) is 10.4 Å². The number of benzene rings is 3. The van der Waals surface area contributed by atoms with E-state index in [0.717, 1.165) is 36.6 Å². The van der Waals surface area contributed by atoms with E-state index in [1.807, 2.05) is 96.0 Å². The van der Waals surface area contributed by atoms with Gasteiger partial charge in [-0.1, -0.05) is 48.5 Å². The highest BCUT2D eigenvalue weighted by molar-refractivity contribution is 6.00. The number of ether oxygens (including phenoxy) is 2. The lowest BCUT2D eigenvalue weighted by atomic mass is 10.1. The Morgan fingerprint density at radius 1 is 0.861 bits per heavy atom. The Hall–Kier alpha value is -4.10. The molecule has 1 saturated heterocycles. The van der Waals surface area contributed by atoms with Crippen molar-refractivity contribution in [2.24, 2.45) is 0 Å². The summed E-state index contributed by atoms with van der Waals surface area (Å²) in [5.74, 6) is 1.55. The second-order valence-electron chi connectivity index (χ2n) is 8.67. The lowest BCUT2D eigenvalue weighted by molar-refractivity contribution is 0.0621. The summed E-state index contributed by atoms with van der Waals surface area (Å²) < 4.78 is 13.2. The van der Waals surface area contributed by atoms with Gasteiger partial charge in [0.25, 0.3) is 5.91 Å². The molecule has 7 nitrogen and oxygen atoms in total. The van der Waals surface area contributed by atoms with Gasteiger partial charge in [-0.05, 0) is 36.4 Å². The number of hydrogen-bond acceptors (Lipinski definition) is 5. The number of aromatic nitrogens is 2. The van der Waals surface area contributed by atoms with Crippen LogP contribution in [0.25, 0.3) is 16.9 Å². The maximum Gasteiger partial charge on any atom is 0.257 e. The van der Waals surface area contributed by atoms with Crippen molar-refractivity contribution in [2.75, 3.05) is 46.4 Å². The van der Waals surface area contributed by atoms with Crippen molar-refractivity contribution in [2.45, 2.75) is 0 Å². The number of carbonyl (C=O) groups excluding carboxylic acids is 1. The highest BCUT2D eigenvalue weighted by Crippen LogP contribution is 2.32. The molecule has 3 aromatic carbocycles. The lowest BCUT2D eigenvalue weighted by Gasteiger charge is -2.34. The van der Waals surface area contributed by atoms with Crippen LogP contribution in [0.15, 0.2) is 91.1 Å². The van der Waals surface area contributed by atoms with E-state index in [1.165, 1.54) is 0 Å². The third-order valence-corrected chi connectivity index (χ3v) is 6.41. The molecule has 1 amide bonds. The molecule has 0 aliphatic carbocycles. The maximum atomic E-state index is 13.7. The molecule has 36 heavy (non-hydrogen) atoms. The largest absolute Gasteiger partial charge is 0.496 e. The molecule has 184 valence electrons. The fourth-order valence-electron chi connectivity index (χ4n) is 4.44. The van der Waals surface area contributed by atoms with Crippen LogP contribution in [0, 0.1) is 0 Å². The van der Waals surface area contributed by atoms with Gasteiger partial charge >= 0.3 is 0 Å². The van der Waals surface area contributed by atoms with Crippen molar-refractivity contribution >= 4 is 5.91 Å². The first-order valence-corrected chi connectivity index (χ1v) is 12.2. The minimum atomic E-state index is -0.0155. The average molecular weight is 483 g/mol. The Morgan fingerprint density at radius 3 is 2.25 bits per heavy atom. The number of para-hydroxylation sites is 3. The summed E-state index contributed by atoms with van der Waals surface area (Å²) in [6.45, 7) is 4.38. The van der Waals surface area contributed by atoms with E-state index < -0.39 is 0 Å². The summed E-state index contributed by atoms with van der Waals surface area (Å²) in [6.07, 6.45) is 1.83. The van der Waals surface area contributed by atoms with E-state index in [2.05, 4.69) is 4.90 Å². The first-order chi connectivity index (χ1) is 17.7. The van der Waals surface area contributed by atoms with Crippen LogP contribution >= 0.6 is 0 Å². The van der Waals surface area contributed by atoms with E-state index in [9.17, 15) is 4.79 Å². The first-order valence-electron chi connectivity index (χ1n) is 12.2.